The molecule has 180 valence electrons. The SMILES string of the molecule is COc1ccc2c(c1)CCN(C(=O)OC(C)(C)C)[C@H]2C(=O)Nc1ccc(C(C)(C)C)c(C#N)c1. The monoisotopic (exact) mass is 463 g/mol. The van der Waals surface area contributed by atoms with Crippen LogP contribution in [0, 0.1) is 11.3 Å². The van der Waals surface area contributed by atoms with Gasteiger partial charge in [0, 0.05) is 12.2 Å². The average molecular weight is 464 g/mol. The van der Waals surface area contributed by atoms with Crippen molar-refractivity contribution in [2.75, 3.05) is 19.0 Å². The first kappa shape index (κ1) is 25.1. The van der Waals surface area contributed by atoms with Crippen LogP contribution >= 0.6 is 0 Å². The van der Waals surface area contributed by atoms with Crippen LogP contribution in [-0.2, 0) is 21.4 Å². The molecule has 0 spiro atoms. The van der Waals surface area contributed by atoms with E-state index >= 15 is 0 Å². The number of nitrogens with zero attached hydrogens (tertiary/aromatic N) is 2. The summed E-state index contributed by atoms with van der Waals surface area (Å²) in [4.78, 5) is 28.1. The molecule has 0 aromatic heterocycles. The molecule has 34 heavy (non-hydrogen) atoms. The lowest BCUT2D eigenvalue weighted by Gasteiger charge is -2.37. The van der Waals surface area contributed by atoms with Crippen LogP contribution in [0.3, 0.4) is 0 Å². The predicted molar refractivity (Wildman–Crippen MR) is 131 cm³/mol. The highest BCUT2D eigenvalue weighted by Crippen LogP contribution is 2.35. The van der Waals surface area contributed by atoms with Gasteiger partial charge in [0.05, 0.1) is 18.7 Å². The molecule has 0 radical (unpaired) electrons. The number of ether oxygens (including phenoxy) is 2. The third-order valence-corrected chi connectivity index (χ3v) is 5.67. The zero-order valence-corrected chi connectivity index (χ0v) is 21.0. The van der Waals surface area contributed by atoms with Gasteiger partial charge in [-0.15, -0.1) is 0 Å². The third-order valence-electron chi connectivity index (χ3n) is 5.67. The van der Waals surface area contributed by atoms with Gasteiger partial charge in [0.15, 0.2) is 0 Å². The molecule has 2 amide bonds. The van der Waals surface area contributed by atoms with Gasteiger partial charge in [-0.25, -0.2) is 4.79 Å². The molecule has 2 aromatic carbocycles. The summed E-state index contributed by atoms with van der Waals surface area (Å²) < 4.78 is 10.9. The highest BCUT2D eigenvalue weighted by molar-refractivity contribution is 5.98. The quantitative estimate of drug-likeness (QED) is 0.664. The number of rotatable bonds is 3. The Hall–Kier alpha value is -3.53. The van der Waals surface area contributed by atoms with E-state index in [1.165, 1.54) is 4.90 Å². The van der Waals surface area contributed by atoms with E-state index in [0.717, 1.165) is 16.7 Å². The second kappa shape index (κ2) is 9.38. The zero-order valence-electron chi connectivity index (χ0n) is 21.0. The lowest BCUT2D eigenvalue weighted by Crippen LogP contribution is -2.47. The van der Waals surface area contributed by atoms with Crippen LogP contribution in [0.5, 0.6) is 5.75 Å². The van der Waals surface area contributed by atoms with E-state index in [-0.39, 0.29) is 11.3 Å². The third kappa shape index (κ3) is 5.51. The normalized spacial score (nSPS) is 15.7. The molecule has 1 atom stereocenters. The fourth-order valence-electron chi connectivity index (χ4n) is 4.11. The van der Waals surface area contributed by atoms with Crippen molar-refractivity contribution in [1.82, 2.24) is 4.90 Å². The summed E-state index contributed by atoms with van der Waals surface area (Å²) in [5, 5.41) is 12.6. The molecule has 0 saturated heterocycles. The predicted octanol–water partition coefficient (Wildman–Crippen LogP) is 5.34. The van der Waals surface area contributed by atoms with Crippen molar-refractivity contribution in [3.8, 4) is 11.8 Å². The molecule has 0 unspecified atom stereocenters. The molecule has 1 aliphatic heterocycles. The number of fused-ring (bicyclic) bond motifs is 1. The second-order valence-electron chi connectivity index (χ2n) is 10.5. The van der Waals surface area contributed by atoms with Gasteiger partial charge in [0.1, 0.15) is 17.4 Å². The van der Waals surface area contributed by atoms with Crippen molar-refractivity contribution < 1.29 is 19.1 Å². The Morgan fingerprint density at radius 2 is 1.79 bits per heavy atom. The smallest absolute Gasteiger partial charge is 0.411 e. The summed E-state index contributed by atoms with van der Waals surface area (Å²) in [7, 11) is 1.59. The molecule has 3 rings (SSSR count). The van der Waals surface area contributed by atoms with Crippen LogP contribution in [-0.4, -0.2) is 36.2 Å². The van der Waals surface area contributed by atoms with Crippen LogP contribution in [0.15, 0.2) is 36.4 Å². The van der Waals surface area contributed by atoms with Gasteiger partial charge in [0.2, 0.25) is 0 Å². The summed E-state index contributed by atoms with van der Waals surface area (Å²) in [6, 6.07) is 12.2. The van der Waals surface area contributed by atoms with Crippen LogP contribution in [0.1, 0.15) is 69.8 Å². The molecular formula is C27H33N3O4. The number of amides is 2. The Morgan fingerprint density at radius 3 is 2.38 bits per heavy atom. The number of nitriles is 1. The number of methoxy groups -OCH3 is 1. The maximum atomic E-state index is 13.6. The van der Waals surface area contributed by atoms with E-state index in [0.29, 0.717) is 30.0 Å². The number of hydrogen-bond donors (Lipinski definition) is 1. The van der Waals surface area contributed by atoms with Crippen molar-refractivity contribution in [1.29, 1.82) is 5.26 Å². The number of hydrogen-bond acceptors (Lipinski definition) is 5. The van der Waals surface area contributed by atoms with Crippen molar-refractivity contribution in [3.05, 3.63) is 58.7 Å². The van der Waals surface area contributed by atoms with Crippen LogP contribution < -0.4 is 10.1 Å². The molecule has 7 heteroatoms. The van der Waals surface area contributed by atoms with Crippen LogP contribution in [0.4, 0.5) is 10.5 Å². The molecule has 2 aromatic rings. The average Bonchev–Trinajstić information content (AvgIpc) is 2.75. The van der Waals surface area contributed by atoms with E-state index in [1.54, 1.807) is 46.1 Å². The fourth-order valence-corrected chi connectivity index (χ4v) is 4.11. The Morgan fingerprint density at radius 1 is 1.09 bits per heavy atom. The van der Waals surface area contributed by atoms with Gasteiger partial charge in [-0.1, -0.05) is 32.9 Å². The molecule has 0 fully saturated rings. The van der Waals surface area contributed by atoms with E-state index in [2.05, 4.69) is 11.4 Å². The lowest BCUT2D eigenvalue weighted by atomic mass is 9.84. The molecule has 0 aliphatic carbocycles. The molecule has 0 saturated carbocycles. The molecule has 1 aliphatic rings. The Kier molecular flexibility index (Phi) is 6.92. The fraction of sp³-hybridized carbons (Fsp3) is 0.444. The van der Waals surface area contributed by atoms with E-state index < -0.39 is 17.7 Å². The van der Waals surface area contributed by atoms with Crippen molar-refractivity contribution >= 4 is 17.7 Å². The minimum absolute atomic E-state index is 0.206. The Labute approximate surface area is 201 Å². The molecule has 1 heterocycles. The van der Waals surface area contributed by atoms with Gasteiger partial charge < -0.3 is 14.8 Å². The summed E-state index contributed by atoms with van der Waals surface area (Å²) in [5.74, 6) is 0.324. The number of nitrogens with one attached hydrogen (secondary N) is 1. The number of carbonyl (C=O) groups is 2. The Balaban J connectivity index is 1.98. The molecule has 0 bridgehead atoms. The van der Waals surface area contributed by atoms with Crippen LogP contribution in [0.2, 0.25) is 0 Å². The van der Waals surface area contributed by atoms with E-state index in [9.17, 15) is 14.9 Å². The largest absolute Gasteiger partial charge is 0.497 e. The number of benzene rings is 2. The van der Waals surface area contributed by atoms with Crippen molar-refractivity contribution in [2.45, 2.75) is 65.0 Å². The standard InChI is InChI=1S/C27H33N3O4/c1-26(2,3)22-11-8-19(14-18(22)16-28)29-24(31)23-21-10-9-20(33-7)15-17(21)12-13-30(23)25(32)34-27(4,5)6/h8-11,14-15,23H,12-13H2,1-7H3,(H,29,31)/t23-/m1/s1. The number of anilines is 1. The maximum Gasteiger partial charge on any atom is 0.411 e. The highest BCUT2D eigenvalue weighted by Gasteiger charge is 2.38. The summed E-state index contributed by atoms with van der Waals surface area (Å²) >= 11 is 0. The topological polar surface area (TPSA) is 91.7 Å². The minimum atomic E-state index is -0.877. The lowest BCUT2D eigenvalue weighted by molar-refractivity contribution is -0.121. The zero-order chi connectivity index (χ0) is 25.3. The van der Waals surface area contributed by atoms with Gasteiger partial charge in [-0.2, -0.15) is 5.26 Å². The molecule has 7 nitrogen and oxygen atoms in total. The van der Waals surface area contributed by atoms with Gasteiger partial charge in [-0.3, -0.25) is 9.69 Å². The molecule has 1 N–H and O–H groups in total. The highest BCUT2D eigenvalue weighted by atomic mass is 16.6. The summed E-state index contributed by atoms with van der Waals surface area (Å²) in [6.07, 6.45) is 0.0314. The van der Waals surface area contributed by atoms with Gasteiger partial charge >= 0.3 is 6.09 Å². The van der Waals surface area contributed by atoms with E-state index in [4.69, 9.17) is 9.47 Å². The summed E-state index contributed by atoms with van der Waals surface area (Å²) in [5.41, 5.74) is 2.67. The van der Waals surface area contributed by atoms with Crippen LogP contribution in [0.25, 0.3) is 0 Å². The maximum absolute atomic E-state index is 13.6. The van der Waals surface area contributed by atoms with E-state index in [1.807, 2.05) is 39.0 Å². The first-order chi connectivity index (χ1) is 15.8. The van der Waals surface area contributed by atoms with Gasteiger partial charge in [-0.05, 0) is 73.6 Å². The van der Waals surface area contributed by atoms with Crippen molar-refractivity contribution in [2.24, 2.45) is 0 Å². The second-order valence-corrected chi connectivity index (χ2v) is 10.5. The number of carbonyl (C=O) groups excluding carboxylic acids is 2. The van der Waals surface area contributed by atoms with Gasteiger partial charge in [0.25, 0.3) is 5.91 Å². The first-order valence-corrected chi connectivity index (χ1v) is 11.4. The Bertz CT molecular complexity index is 1140. The van der Waals surface area contributed by atoms with Crippen molar-refractivity contribution in [3.63, 3.8) is 0 Å². The molecular weight excluding hydrogens is 430 g/mol. The first-order valence-electron chi connectivity index (χ1n) is 11.4. The minimum Gasteiger partial charge on any atom is -0.497 e. The summed E-state index contributed by atoms with van der Waals surface area (Å²) in [6.45, 7) is 11.8.